The summed E-state index contributed by atoms with van der Waals surface area (Å²) >= 11 is 0. The van der Waals surface area contributed by atoms with E-state index in [1.54, 1.807) is 35.9 Å². The van der Waals surface area contributed by atoms with E-state index in [9.17, 15) is 18.8 Å². The van der Waals surface area contributed by atoms with Gasteiger partial charge in [-0.3, -0.25) is 23.1 Å². The van der Waals surface area contributed by atoms with Crippen LogP contribution in [0.2, 0.25) is 0 Å². The minimum Gasteiger partial charge on any atom is -0.368 e. The molecule has 2 N–H and O–H groups in total. The van der Waals surface area contributed by atoms with E-state index in [1.807, 2.05) is 0 Å². The summed E-state index contributed by atoms with van der Waals surface area (Å²) < 4.78 is 19.3. The second-order valence-corrected chi connectivity index (χ2v) is 6.21. The summed E-state index contributed by atoms with van der Waals surface area (Å²) in [5.74, 6) is -0.989. The van der Waals surface area contributed by atoms with Crippen LogP contribution in [0.15, 0.2) is 40.1 Å². The number of benzene rings is 1. The number of nitrogens with two attached hydrogens (primary N) is 1. The first-order chi connectivity index (χ1) is 12.8. The van der Waals surface area contributed by atoms with Gasteiger partial charge in [-0.1, -0.05) is 12.1 Å². The summed E-state index contributed by atoms with van der Waals surface area (Å²) in [5, 5.41) is 0. The molecule has 0 atom stereocenters. The first-order valence-corrected chi connectivity index (χ1v) is 8.04. The fraction of sp³-hybridized carbons (Fsp3) is 0.176. The molecule has 0 bridgehead atoms. The lowest BCUT2D eigenvalue weighted by Gasteiger charge is -2.07. The third kappa shape index (κ3) is 2.30. The van der Waals surface area contributed by atoms with E-state index >= 15 is 0 Å². The number of hydrogen-bond acceptors (Lipinski definition) is 4. The number of primary amides is 1. The lowest BCUT2D eigenvalue weighted by atomic mass is 10.3. The molecule has 0 radical (unpaired) electrons. The summed E-state index contributed by atoms with van der Waals surface area (Å²) in [5.41, 5.74) is 4.89. The zero-order valence-corrected chi connectivity index (χ0v) is 14.5. The van der Waals surface area contributed by atoms with Gasteiger partial charge >= 0.3 is 5.69 Å². The van der Waals surface area contributed by atoms with Crippen molar-refractivity contribution in [2.75, 3.05) is 0 Å². The number of aromatic nitrogens is 5. The highest BCUT2D eigenvalue weighted by atomic mass is 19.1. The highest BCUT2D eigenvalue weighted by Gasteiger charge is 2.22. The lowest BCUT2D eigenvalue weighted by Crippen LogP contribution is -2.42. The Morgan fingerprint density at radius 2 is 1.96 bits per heavy atom. The molecule has 0 aliphatic heterocycles. The number of halogens is 1. The molecule has 3 aromatic heterocycles. The zero-order chi connectivity index (χ0) is 19.5. The maximum absolute atomic E-state index is 14.3. The highest BCUT2D eigenvalue weighted by molar-refractivity contribution is 5.77. The summed E-state index contributed by atoms with van der Waals surface area (Å²) in [7, 11) is 1.44. The number of para-hydroxylation sites is 1. The maximum atomic E-state index is 14.3. The van der Waals surface area contributed by atoms with E-state index in [4.69, 9.17) is 5.73 Å². The predicted octanol–water partition coefficient (Wildman–Crippen LogP) is 0.0714. The van der Waals surface area contributed by atoms with Gasteiger partial charge in [-0.25, -0.2) is 13.8 Å². The van der Waals surface area contributed by atoms with Crippen molar-refractivity contribution in [3.05, 3.63) is 62.8 Å². The topological polar surface area (TPSA) is 109 Å². The van der Waals surface area contributed by atoms with Crippen LogP contribution >= 0.6 is 0 Å². The van der Waals surface area contributed by atoms with E-state index in [0.717, 1.165) is 9.13 Å². The molecule has 3 heterocycles. The van der Waals surface area contributed by atoms with Gasteiger partial charge in [0.15, 0.2) is 11.2 Å². The van der Waals surface area contributed by atoms with Gasteiger partial charge < -0.3 is 5.73 Å². The molecule has 0 aliphatic carbocycles. The molecule has 138 valence electrons. The van der Waals surface area contributed by atoms with E-state index in [2.05, 4.69) is 4.98 Å². The molecule has 0 saturated carbocycles. The van der Waals surface area contributed by atoms with Gasteiger partial charge in [0.25, 0.3) is 5.56 Å². The van der Waals surface area contributed by atoms with Crippen LogP contribution in [0.4, 0.5) is 4.39 Å². The van der Waals surface area contributed by atoms with Crippen molar-refractivity contribution in [3.8, 4) is 5.69 Å². The molecule has 10 heteroatoms. The number of fused-ring (bicyclic) bond motifs is 3. The Morgan fingerprint density at radius 3 is 2.63 bits per heavy atom. The molecule has 9 nitrogen and oxygen atoms in total. The van der Waals surface area contributed by atoms with Crippen molar-refractivity contribution in [2.45, 2.75) is 13.5 Å². The molecule has 27 heavy (non-hydrogen) atoms. The molecule has 4 rings (SSSR count). The fourth-order valence-electron chi connectivity index (χ4n) is 3.24. The van der Waals surface area contributed by atoms with Crippen molar-refractivity contribution in [1.29, 1.82) is 0 Å². The van der Waals surface area contributed by atoms with E-state index in [1.165, 1.54) is 17.5 Å². The quantitative estimate of drug-likeness (QED) is 0.550. The summed E-state index contributed by atoms with van der Waals surface area (Å²) in [4.78, 5) is 40.9. The molecule has 0 spiro atoms. The third-order valence-corrected chi connectivity index (χ3v) is 4.43. The number of amides is 1. The molecule has 0 saturated heterocycles. The Kier molecular flexibility index (Phi) is 3.51. The van der Waals surface area contributed by atoms with Crippen molar-refractivity contribution in [1.82, 2.24) is 23.1 Å². The van der Waals surface area contributed by atoms with E-state index in [0.29, 0.717) is 5.69 Å². The Hall–Kier alpha value is -3.69. The van der Waals surface area contributed by atoms with Crippen LogP contribution in [0.1, 0.15) is 5.69 Å². The molecule has 0 fully saturated rings. The minimum absolute atomic E-state index is 0.103. The highest BCUT2D eigenvalue weighted by Crippen LogP contribution is 2.22. The van der Waals surface area contributed by atoms with Crippen molar-refractivity contribution in [3.63, 3.8) is 0 Å². The summed E-state index contributed by atoms with van der Waals surface area (Å²) in [6.45, 7) is 1.21. The number of aryl methyl sites for hydroxylation is 2. The maximum Gasteiger partial charge on any atom is 0.332 e. The Labute approximate surface area is 150 Å². The third-order valence-electron chi connectivity index (χ3n) is 4.43. The van der Waals surface area contributed by atoms with Crippen LogP contribution in [0.3, 0.4) is 0 Å². The van der Waals surface area contributed by atoms with Crippen LogP contribution in [0.25, 0.3) is 22.6 Å². The second kappa shape index (κ2) is 5.66. The molecular weight excluding hydrogens is 355 g/mol. The van der Waals surface area contributed by atoms with Gasteiger partial charge in [0, 0.05) is 18.9 Å². The number of rotatable bonds is 3. The monoisotopic (exact) mass is 370 g/mol. The normalized spacial score (nSPS) is 11.5. The molecule has 1 amide bonds. The van der Waals surface area contributed by atoms with Crippen LogP contribution in [0.5, 0.6) is 0 Å². The average molecular weight is 370 g/mol. The smallest absolute Gasteiger partial charge is 0.332 e. The summed E-state index contributed by atoms with van der Waals surface area (Å²) in [6.07, 6.45) is 1.62. The number of hydrogen-bond donors (Lipinski definition) is 1. The first-order valence-electron chi connectivity index (χ1n) is 8.04. The fourth-order valence-corrected chi connectivity index (χ4v) is 3.24. The van der Waals surface area contributed by atoms with Crippen molar-refractivity contribution < 1.29 is 9.18 Å². The van der Waals surface area contributed by atoms with Crippen molar-refractivity contribution in [2.24, 2.45) is 12.8 Å². The number of carbonyl (C=O) groups is 1. The number of nitrogens with zero attached hydrogens (tertiary/aromatic N) is 5. The molecule has 1 aromatic carbocycles. The summed E-state index contributed by atoms with van der Waals surface area (Å²) in [6, 6.07) is 6.17. The van der Waals surface area contributed by atoms with Crippen molar-refractivity contribution >= 4 is 22.8 Å². The Morgan fingerprint density at radius 1 is 1.26 bits per heavy atom. The second-order valence-electron chi connectivity index (χ2n) is 6.21. The van der Waals surface area contributed by atoms with E-state index < -0.39 is 29.5 Å². The predicted molar refractivity (Wildman–Crippen MR) is 95.4 cm³/mol. The van der Waals surface area contributed by atoms with Gasteiger partial charge in [0.2, 0.25) is 11.7 Å². The SMILES string of the molecule is Cc1cn2c3c(=O)n(CC(N)=O)c(=O)n(C)c3nc2n1-c1ccccc1F. The molecule has 0 aliphatic rings. The van der Waals surface area contributed by atoms with Gasteiger partial charge in [-0.2, -0.15) is 4.98 Å². The standard InChI is InChI=1S/C17H15FN6O3/c1-9-7-22-13-14(21(2)17(27)23(15(13)26)8-12(19)25)20-16(22)24(9)11-6-4-3-5-10(11)18/h3-7H,8H2,1-2H3,(H2,19,25). The largest absolute Gasteiger partial charge is 0.368 e. The van der Waals surface area contributed by atoms with E-state index in [-0.39, 0.29) is 22.6 Å². The number of imidazole rings is 2. The zero-order valence-electron chi connectivity index (χ0n) is 14.5. The Balaban J connectivity index is 2.16. The van der Waals surface area contributed by atoms with Crippen LogP contribution in [0, 0.1) is 12.7 Å². The average Bonchev–Trinajstić information content (AvgIpc) is 3.12. The van der Waals surface area contributed by atoms with Crippen LogP contribution < -0.4 is 17.0 Å². The van der Waals surface area contributed by atoms with Gasteiger partial charge in [-0.05, 0) is 19.1 Å². The minimum atomic E-state index is -0.811. The van der Waals surface area contributed by atoms with Crippen LogP contribution in [-0.4, -0.2) is 29.0 Å². The first kappa shape index (κ1) is 16.8. The van der Waals surface area contributed by atoms with Crippen LogP contribution in [-0.2, 0) is 18.4 Å². The van der Waals surface area contributed by atoms with Gasteiger partial charge in [0.05, 0.1) is 5.69 Å². The molecule has 4 aromatic rings. The molecular formula is C17H15FN6O3. The van der Waals surface area contributed by atoms with Gasteiger partial charge in [0.1, 0.15) is 12.4 Å². The Bertz CT molecular complexity index is 1360. The number of carbonyl (C=O) groups excluding carboxylic acids is 1. The molecule has 0 unspecified atom stereocenters. The lowest BCUT2D eigenvalue weighted by molar-refractivity contribution is -0.118. The van der Waals surface area contributed by atoms with Gasteiger partial charge in [-0.15, -0.1) is 0 Å².